The Hall–Kier alpha value is -3.63. The molecule has 0 atom stereocenters. The molecule has 36 heavy (non-hydrogen) atoms. The normalized spacial score (nSPS) is 11.2. The van der Waals surface area contributed by atoms with Crippen molar-refractivity contribution in [2.45, 2.75) is 38.6 Å². The monoisotopic (exact) mass is 495 g/mol. The smallest absolute Gasteiger partial charge is 0.224 e. The van der Waals surface area contributed by atoms with Crippen LogP contribution in [0.25, 0.3) is 21.8 Å². The van der Waals surface area contributed by atoms with Crippen molar-refractivity contribution in [2.75, 3.05) is 6.54 Å². The maximum atomic E-state index is 12.2. The summed E-state index contributed by atoms with van der Waals surface area (Å²) in [5.41, 5.74) is 4.47. The van der Waals surface area contributed by atoms with Crippen molar-refractivity contribution in [3.05, 3.63) is 113 Å². The molecule has 5 heteroatoms. The van der Waals surface area contributed by atoms with E-state index in [4.69, 9.17) is 16.6 Å². The number of nitrogens with zero attached hydrogens (tertiary/aromatic N) is 2. The lowest BCUT2D eigenvalue weighted by Gasteiger charge is -2.11. The number of aryl methyl sites for hydroxylation is 1. The number of unbranched alkanes of at least 4 members (excludes halogenated alkanes) is 2. The highest BCUT2D eigenvalue weighted by atomic mass is 35.5. The fourth-order valence-corrected chi connectivity index (χ4v) is 4.80. The number of hydrogen-bond acceptors (Lipinski definition) is 2. The second-order valence-corrected chi connectivity index (χ2v) is 9.68. The summed E-state index contributed by atoms with van der Waals surface area (Å²) in [6.07, 6.45) is 4.34. The van der Waals surface area contributed by atoms with E-state index in [0.717, 1.165) is 49.1 Å². The standard InChI is InChI=1S/C31H30ClN3O/c32-27-17-14-23(15-18-27)21-31(36)33-19-7-1-2-12-30-34-28-10-5-6-11-29(28)35(30)22-24-13-16-25-8-3-4-9-26(25)20-24/h3-6,8-11,13-18,20H,1-2,7,12,19,21-22H2,(H,33,36). The molecular weight excluding hydrogens is 466 g/mol. The van der Waals surface area contributed by atoms with Crippen LogP contribution in [0.1, 0.15) is 36.2 Å². The second-order valence-electron chi connectivity index (χ2n) is 9.25. The molecule has 0 aliphatic heterocycles. The Morgan fingerprint density at radius 2 is 1.56 bits per heavy atom. The molecule has 4 nitrogen and oxygen atoms in total. The molecule has 0 saturated heterocycles. The van der Waals surface area contributed by atoms with E-state index in [1.54, 1.807) is 0 Å². The number of halogens is 1. The van der Waals surface area contributed by atoms with Crippen LogP contribution in [-0.4, -0.2) is 22.0 Å². The van der Waals surface area contributed by atoms with Crippen LogP contribution in [0.5, 0.6) is 0 Å². The summed E-state index contributed by atoms with van der Waals surface area (Å²) >= 11 is 5.91. The van der Waals surface area contributed by atoms with Crippen LogP contribution in [0, 0.1) is 0 Å². The Morgan fingerprint density at radius 1 is 0.806 bits per heavy atom. The Bertz CT molecular complexity index is 1470. The van der Waals surface area contributed by atoms with Gasteiger partial charge in [0.15, 0.2) is 0 Å². The zero-order valence-electron chi connectivity index (χ0n) is 20.3. The lowest BCUT2D eigenvalue weighted by molar-refractivity contribution is -0.120. The first-order valence-electron chi connectivity index (χ1n) is 12.6. The Labute approximate surface area is 216 Å². The molecule has 0 bridgehead atoms. The van der Waals surface area contributed by atoms with Gasteiger partial charge < -0.3 is 9.88 Å². The number of nitrogens with one attached hydrogen (secondary N) is 1. The molecule has 0 aliphatic rings. The van der Waals surface area contributed by atoms with Gasteiger partial charge in [0.05, 0.1) is 17.5 Å². The third kappa shape index (κ3) is 5.95. The van der Waals surface area contributed by atoms with Gasteiger partial charge >= 0.3 is 0 Å². The van der Waals surface area contributed by atoms with Crippen LogP contribution < -0.4 is 5.32 Å². The minimum absolute atomic E-state index is 0.0505. The number of hydrogen-bond donors (Lipinski definition) is 1. The number of imidazole rings is 1. The van der Waals surface area contributed by atoms with Gasteiger partial charge in [0.2, 0.25) is 5.91 Å². The topological polar surface area (TPSA) is 46.9 Å². The van der Waals surface area contributed by atoms with E-state index < -0.39 is 0 Å². The average Bonchev–Trinajstić information content (AvgIpc) is 3.24. The first kappa shape index (κ1) is 24.1. The van der Waals surface area contributed by atoms with Crippen LogP contribution in [0.2, 0.25) is 5.02 Å². The van der Waals surface area contributed by atoms with Crippen LogP contribution in [0.4, 0.5) is 0 Å². The summed E-state index contributed by atoms with van der Waals surface area (Å²) in [4.78, 5) is 17.1. The lowest BCUT2D eigenvalue weighted by Crippen LogP contribution is -2.26. The fourth-order valence-electron chi connectivity index (χ4n) is 4.68. The molecule has 1 heterocycles. The molecule has 0 aliphatic carbocycles. The minimum atomic E-state index is 0.0505. The molecule has 5 aromatic rings. The highest BCUT2D eigenvalue weighted by molar-refractivity contribution is 6.30. The summed E-state index contributed by atoms with van der Waals surface area (Å²) < 4.78 is 2.35. The molecular formula is C31H30ClN3O. The quantitative estimate of drug-likeness (QED) is 0.213. The number of carbonyl (C=O) groups is 1. The van der Waals surface area contributed by atoms with E-state index in [2.05, 4.69) is 70.5 Å². The van der Waals surface area contributed by atoms with E-state index in [1.165, 1.54) is 21.9 Å². The highest BCUT2D eigenvalue weighted by Gasteiger charge is 2.11. The molecule has 1 aromatic heterocycles. The molecule has 1 amide bonds. The maximum absolute atomic E-state index is 12.2. The van der Waals surface area contributed by atoms with Gasteiger partial charge in [-0.3, -0.25) is 4.79 Å². The molecule has 0 unspecified atom stereocenters. The molecule has 182 valence electrons. The van der Waals surface area contributed by atoms with Gasteiger partial charge in [0.25, 0.3) is 0 Å². The van der Waals surface area contributed by atoms with Crippen molar-refractivity contribution in [2.24, 2.45) is 0 Å². The molecule has 0 spiro atoms. The Morgan fingerprint density at radius 3 is 2.42 bits per heavy atom. The van der Waals surface area contributed by atoms with Crippen molar-refractivity contribution in [3.63, 3.8) is 0 Å². The van der Waals surface area contributed by atoms with E-state index in [0.29, 0.717) is 18.0 Å². The third-order valence-electron chi connectivity index (χ3n) is 6.57. The predicted molar refractivity (Wildman–Crippen MR) is 149 cm³/mol. The number of amides is 1. The Kier molecular flexibility index (Phi) is 7.63. The van der Waals surface area contributed by atoms with Gasteiger partial charge in [-0.05, 0) is 65.1 Å². The summed E-state index contributed by atoms with van der Waals surface area (Å²) in [6, 6.07) is 31.0. The lowest BCUT2D eigenvalue weighted by atomic mass is 10.1. The van der Waals surface area contributed by atoms with Crippen molar-refractivity contribution in [1.82, 2.24) is 14.9 Å². The SMILES string of the molecule is O=C(Cc1ccc(Cl)cc1)NCCCCCc1nc2ccccc2n1Cc1ccc2ccccc2c1. The molecule has 4 aromatic carbocycles. The van der Waals surface area contributed by atoms with Crippen molar-refractivity contribution in [1.29, 1.82) is 0 Å². The highest BCUT2D eigenvalue weighted by Crippen LogP contribution is 2.22. The number of para-hydroxylation sites is 2. The van der Waals surface area contributed by atoms with Crippen LogP contribution in [-0.2, 0) is 24.2 Å². The fraction of sp³-hybridized carbons (Fsp3) is 0.226. The molecule has 5 rings (SSSR count). The van der Waals surface area contributed by atoms with Gasteiger partial charge in [-0.15, -0.1) is 0 Å². The average molecular weight is 496 g/mol. The Balaban J connectivity index is 1.16. The van der Waals surface area contributed by atoms with Gasteiger partial charge in [-0.1, -0.05) is 78.7 Å². The third-order valence-corrected chi connectivity index (χ3v) is 6.82. The summed E-state index contributed by atoms with van der Waals surface area (Å²) in [7, 11) is 0. The van der Waals surface area contributed by atoms with E-state index in [1.807, 2.05) is 30.3 Å². The second kappa shape index (κ2) is 11.4. The molecule has 0 radical (unpaired) electrons. The minimum Gasteiger partial charge on any atom is -0.356 e. The summed E-state index contributed by atoms with van der Waals surface area (Å²) in [5, 5.41) is 6.24. The zero-order valence-corrected chi connectivity index (χ0v) is 21.0. The number of benzene rings is 4. The molecule has 1 N–H and O–H groups in total. The number of rotatable bonds is 10. The number of fused-ring (bicyclic) bond motifs is 2. The number of aromatic nitrogens is 2. The van der Waals surface area contributed by atoms with E-state index in [-0.39, 0.29) is 5.91 Å². The summed E-state index contributed by atoms with van der Waals surface area (Å²) in [6.45, 7) is 1.50. The van der Waals surface area contributed by atoms with Crippen LogP contribution in [0.3, 0.4) is 0 Å². The van der Waals surface area contributed by atoms with Gasteiger partial charge in [0, 0.05) is 24.5 Å². The largest absolute Gasteiger partial charge is 0.356 e. The summed E-state index contributed by atoms with van der Waals surface area (Å²) in [5.74, 6) is 1.17. The molecule has 0 fully saturated rings. The van der Waals surface area contributed by atoms with Gasteiger partial charge in [0.1, 0.15) is 5.82 Å². The molecule has 0 saturated carbocycles. The first-order valence-corrected chi connectivity index (χ1v) is 13.0. The van der Waals surface area contributed by atoms with E-state index in [9.17, 15) is 4.79 Å². The van der Waals surface area contributed by atoms with Gasteiger partial charge in [-0.25, -0.2) is 4.98 Å². The first-order chi connectivity index (χ1) is 17.7. The maximum Gasteiger partial charge on any atom is 0.224 e. The van der Waals surface area contributed by atoms with Gasteiger partial charge in [-0.2, -0.15) is 0 Å². The number of carbonyl (C=O) groups excluding carboxylic acids is 1. The predicted octanol–water partition coefficient (Wildman–Crippen LogP) is 6.96. The van der Waals surface area contributed by atoms with Crippen molar-refractivity contribution in [3.8, 4) is 0 Å². The van der Waals surface area contributed by atoms with Crippen molar-refractivity contribution < 1.29 is 4.79 Å². The zero-order chi connectivity index (χ0) is 24.7. The van der Waals surface area contributed by atoms with E-state index >= 15 is 0 Å². The van der Waals surface area contributed by atoms with Crippen molar-refractivity contribution >= 4 is 39.3 Å². The van der Waals surface area contributed by atoms with Crippen LogP contribution in [0.15, 0.2) is 91.0 Å². The van der Waals surface area contributed by atoms with Crippen LogP contribution >= 0.6 is 11.6 Å².